The van der Waals surface area contributed by atoms with Crippen LogP contribution in [0.1, 0.15) is 27.2 Å². The molecule has 0 aromatic carbocycles. The molecule has 0 spiro atoms. The van der Waals surface area contributed by atoms with Gasteiger partial charge in [-0.25, -0.2) is 0 Å². The van der Waals surface area contributed by atoms with Gasteiger partial charge in [0.15, 0.2) is 5.96 Å². The molecule has 3 N–H and O–H groups in total. The molecule has 0 saturated heterocycles. The minimum Gasteiger partial charge on any atom is -0.370 e. The van der Waals surface area contributed by atoms with Crippen LogP contribution in [0.3, 0.4) is 0 Å². The summed E-state index contributed by atoms with van der Waals surface area (Å²) < 4.78 is 0. The maximum atomic E-state index is 5.72. The van der Waals surface area contributed by atoms with E-state index in [9.17, 15) is 0 Å². The van der Waals surface area contributed by atoms with Crippen LogP contribution in [-0.2, 0) is 0 Å². The van der Waals surface area contributed by atoms with E-state index >= 15 is 0 Å². The first-order chi connectivity index (χ1) is 6.87. The molecule has 0 unspecified atom stereocenters. The molecular weight excluding hydrogens is 315 g/mol. The molecule has 0 amide bonds. The van der Waals surface area contributed by atoms with Crippen LogP contribution in [0.5, 0.6) is 0 Å². The number of rotatable bonds is 6. The van der Waals surface area contributed by atoms with Gasteiger partial charge in [0.1, 0.15) is 0 Å². The average molecular weight is 342 g/mol. The summed E-state index contributed by atoms with van der Waals surface area (Å²) in [6.07, 6.45) is 1.07. The monoisotopic (exact) mass is 342 g/mol. The van der Waals surface area contributed by atoms with Crippen LogP contribution in [0.4, 0.5) is 0 Å². The molecular formula is C11H27IN4. The fourth-order valence-corrected chi connectivity index (χ4v) is 1.51. The van der Waals surface area contributed by atoms with E-state index in [2.05, 4.69) is 50.1 Å². The van der Waals surface area contributed by atoms with Gasteiger partial charge in [-0.1, -0.05) is 20.8 Å². The Hall–Kier alpha value is -0.0400. The van der Waals surface area contributed by atoms with E-state index in [0.29, 0.717) is 5.96 Å². The number of hydrogen-bond donors (Lipinski definition) is 2. The van der Waals surface area contributed by atoms with Crippen molar-refractivity contribution in [3.63, 3.8) is 0 Å². The highest BCUT2D eigenvalue weighted by molar-refractivity contribution is 14.0. The van der Waals surface area contributed by atoms with Gasteiger partial charge in [-0.3, -0.25) is 4.99 Å². The van der Waals surface area contributed by atoms with Crippen molar-refractivity contribution in [2.24, 2.45) is 16.1 Å². The molecule has 16 heavy (non-hydrogen) atoms. The predicted octanol–water partition coefficient (Wildman–Crippen LogP) is 1.51. The van der Waals surface area contributed by atoms with Crippen LogP contribution in [0.25, 0.3) is 0 Å². The molecule has 0 saturated carbocycles. The SMILES string of the molecule is CCCNC(N)=NCC(C)(C)CN(C)C.I. The molecule has 0 aliphatic heterocycles. The van der Waals surface area contributed by atoms with Crippen molar-refractivity contribution in [2.45, 2.75) is 27.2 Å². The van der Waals surface area contributed by atoms with Gasteiger partial charge in [-0.15, -0.1) is 24.0 Å². The zero-order chi connectivity index (χ0) is 11.9. The molecule has 5 heteroatoms. The van der Waals surface area contributed by atoms with Gasteiger partial charge in [-0.2, -0.15) is 0 Å². The first kappa shape index (κ1) is 18.3. The summed E-state index contributed by atoms with van der Waals surface area (Å²) >= 11 is 0. The van der Waals surface area contributed by atoms with Crippen molar-refractivity contribution >= 4 is 29.9 Å². The first-order valence-electron chi connectivity index (χ1n) is 5.56. The van der Waals surface area contributed by atoms with Gasteiger partial charge in [0.2, 0.25) is 0 Å². The third-order valence-corrected chi connectivity index (χ3v) is 1.98. The summed E-state index contributed by atoms with van der Waals surface area (Å²) in [6, 6.07) is 0. The minimum absolute atomic E-state index is 0. The van der Waals surface area contributed by atoms with Crippen LogP contribution in [0, 0.1) is 5.41 Å². The lowest BCUT2D eigenvalue weighted by molar-refractivity contribution is 0.249. The highest BCUT2D eigenvalue weighted by atomic mass is 127. The first-order valence-corrected chi connectivity index (χ1v) is 5.56. The third-order valence-electron chi connectivity index (χ3n) is 1.98. The molecule has 0 heterocycles. The molecule has 4 nitrogen and oxygen atoms in total. The highest BCUT2D eigenvalue weighted by Crippen LogP contribution is 2.15. The van der Waals surface area contributed by atoms with E-state index in [1.54, 1.807) is 0 Å². The van der Waals surface area contributed by atoms with Crippen LogP contribution >= 0.6 is 24.0 Å². The second kappa shape index (κ2) is 9.04. The van der Waals surface area contributed by atoms with Crippen LogP contribution in [0.2, 0.25) is 0 Å². The lowest BCUT2D eigenvalue weighted by Crippen LogP contribution is -2.35. The quantitative estimate of drug-likeness (QED) is 0.437. The van der Waals surface area contributed by atoms with Crippen LogP contribution in [-0.4, -0.2) is 44.6 Å². The Morgan fingerprint density at radius 3 is 2.38 bits per heavy atom. The van der Waals surface area contributed by atoms with Gasteiger partial charge in [0.05, 0.1) is 0 Å². The van der Waals surface area contributed by atoms with Gasteiger partial charge in [-0.05, 0) is 25.9 Å². The van der Waals surface area contributed by atoms with E-state index in [1.165, 1.54) is 0 Å². The minimum atomic E-state index is 0. The largest absolute Gasteiger partial charge is 0.370 e. The van der Waals surface area contributed by atoms with Crippen LogP contribution < -0.4 is 11.1 Å². The molecule has 0 fully saturated rings. The molecule has 0 aromatic heterocycles. The van der Waals surface area contributed by atoms with Crippen LogP contribution in [0.15, 0.2) is 4.99 Å². The van der Waals surface area contributed by atoms with Crippen molar-refractivity contribution < 1.29 is 0 Å². The number of halogens is 1. The fraction of sp³-hybridized carbons (Fsp3) is 0.909. The van der Waals surface area contributed by atoms with Crippen molar-refractivity contribution in [3.8, 4) is 0 Å². The average Bonchev–Trinajstić information content (AvgIpc) is 2.09. The van der Waals surface area contributed by atoms with Gasteiger partial charge >= 0.3 is 0 Å². The summed E-state index contributed by atoms with van der Waals surface area (Å²) in [5, 5.41) is 3.07. The third kappa shape index (κ3) is 10.5. The Labute approximate surface area is 117 Å². The van der Waals surface area contributed by atoms with Gasteiger partial charge < -0.3 is 16.0 Å². The molecule has 0 aromatic rings. The Bertz CT molecular complexity index is 202. The molecule has 0 aliphatic rings. The topological polar surface area (TPSA) is 53.6 Å². The number of guanidine groups is 1. The zero-order valence-corrected chi connectivity index (χ0v) is 13.5. The summed E-state index contributed by atoms with van der Waals surface area (Å²) in [5.74, 6) is 0.559. The standard InChI is InChI=1S/C11H26N4.HI/c1-6-7-13-10(12)14-8-11(2,3)9-15(4)5;/h6-9H2,1-5H3,(H3,12,13,14);1H. The second-order valence-corrected chi connectivity index (χ2v) is 5.03. The maximum Gasteiger partial charge on any atom is 0.188 e. The molecule has 0 aliphatic carbocycles. The predicted molar refractivity (Wildman–Crippen MR) is 82.5 cm³/mol. The summed E-state index contributed by atoms with van der Waals surface area (Å²) in [7, 11) is 4.15. The summed E-state index contributed by atoms with van der Waals surface area (Å²) in [4.78, 5) is 6.51. The fourth-order valence-electron chi connectivity index (χ4n) is 1.51. The number of nitrogens with one attached hydrogen (secondary N) is 1. The molecule has 0 radical (unpaired) electrons. The normalized spacial score (nSPS) is 12.5. The van der Waals surface area contributed by atoms with E-state index in [1.807, 2.05) is 0 Å². The highest BCUT2D eigenvalue weighted by Gasteiger charge is 2.18. The lowest BCUT2D eigenvalue weighted by Gasteiger charge is -2.26. The lowest BCUT2D eigenvalue weighted by atomic mass is 9.93. The number of nitrogens with two attached hydrogens (primary N) is 1. The van der Waals surface area contributed by atoms with Crippen molar-refractivity contribution in [3.05, 3.63) is 0 Å². The van der Waals surface area contributed by atoms with Gasteiger partial charge in [0.25, 0.3) is 0 Å². The molecule has 98 valence electrons. The molecule has 0 rings (SSSR count). The summed E-state index contributed by atoms with van der Waals surface area (Å²) in [6.45, 7) is 9.16. The smallest absolute Gasteiger partial charge is 0.188 e. The Kier molecular flexibility index (Phi) is 10.4. The van der Waals surface area contributed by atoms with E-state index in [0.717, 1.165) is 26.1 Å². The summed E-state index contributed by atoms with van der Waals surface area (Å²) in [5.41, 5.74) is 5.89. The molecule has 0 atom stereocenters. The number of aliphatic imine (C=N–C) groups is 1. The van der Waals surface area contributed by atoms with Gasteiger partial charge in [0, 0.05) is 19.6 Å². The van der Waals surface area contributed by atoms with E-state index in [-0.39, 0.29) is 29.4 Å². The number of nitrogens with zero attached hydrogens (tertiary/aromatic N) is 2. The number of hydrogen-bond acceptors (Lipinski definition) is 2. The Balaban J connectivity index is 0. The Morgan fingerprint density at radius 2 is 1.94 bits per heavy atom. The van der Waals surface area contributed by atoms with E-state index in [4.69, 9.17) is 5.73 Å². The van der Waals surface area contributed by atoms with Crippen molar-refractivity contribution in [1.29, 1.82) is 0 Å². The van der Waals surface area contributed by atoms with Crippen molar-refractivity contribution in [1.82, 2.24) is 10.2 Å². The van der Waals surface area contributed by atoms with E-state index < -0.39 is 0 Å². The van der Waals surface area contributed by atoms with Crippen molar-refractivity contribution in [2.75, 3.05) is 33.7 Å². The molecule has 0 bridgehead atoms. The Morgan fingerprint density at radius 1 is 1.38 bits per heavy atom. The second-order valence-electron chi connectivity index (χ2n) is 5.03. The maximum absolute atomic E-state index is 5.72. The zero-order valence-electron chi connectivity index (χ0n) is 11.2.